The molecule has 0 aromatic carbocycles. The average molecular weight is 241 g/mol. The van der Waals surface area contributed by atoms with E-state index < -0.39 is 0 Å². The van der Waals surface area contributed by atoms with E-state index in [-0.39, 0.29) is 58.8 Å². The third kappa shape index (κ3) is 41.6. The molecule has 4 nitrogen and oxygen atoms in total. The van der Waals surface area contributed by atoms with E-state index >= 15 is 0 Å². The second kappa shape index (κ2) is 73.0. The fourth-order valence-corrected chi connectivity index (χ4v) is 0. The molecule has 0 aromatic heterocycles. The second-order valence-electron chi connectivity index (χ2n) is 0. The zero-order valence-electron chi connectivity index (χ0n) is 2.28. The van der Waals surface area contributed by atoms with Gasteiger partial charge in [0.05, 0.1) is 0 Å². The van der Waals surface area contributed by atoms with Crippen molar-refractivity contribution >= 4 is 0 Å². The summed E-state index contributed by atoms with van der Waals surface area (Å²) in [6.07, 6.45) is 0. The van der Waals surface area contributed by atoms with Crippen LogP contribution in [0.5, 0.6) is 0 Å². The largest absolute Gasteiger partial charge is 0.412 e. The van der Waals surface area contributed by atoms with Gasteiger partial charge in [0.2, 0.25) is 0 Å². The fourth-order valence-electron chi connectivity index (χ4n) is 0. The molecule has 1 radical (unpaired) electrons. The van der Waals surface area contributed by atoms with Crippen molar-refractivity contribution in [3.63, 3.8) is 0 Å². The third-order valence-corrected chi connectivity index (χ3v) is 0. The molecule has 0 aliphatic rings. The molecule has 0 aromatic rings. The Morgan fingerprint density at radius 3 is 0.400 bits per heavy atom. The average Bonchev–Trinajstić information content (AvgIpc) is 0. The minimum absolute atomic E-state index is 0. The Morgan fingerprint density at radius 2 is 0.400 bits per heavy atom. The molecule has 0 fully saturated rings. The van der Waals surface area contributed by atoms with Crippen LogP contribution in [0.4, 0.5) is 0 Å². The normalized spacial score (nSPS) is 0. The molecule has 5 heteroatoms. The summed E-state index contributed by atoms with van der Waals surface area (Å²) >= 11 is 0. The molecule has 0 heterocycles. The standard InChI is InChI=1S/4H2O.Tm/h4*1H2;. The van der Waals surface area contributed by atoms with Crippen LogP contribution in [-0.2, 0) is 0 Å². The monoisotopic (exact) mass is 241 g/mol. The smallest absolute Gasteiger partial charge is 0 e. The summed E-state index contributed by atoms with van der Waals surface area (Å²) < 4.78 is 0. The predicted molar refractivity (Wildman–Crippen MR) is 14.5 cm³/mol. The molecule has 0 aliphatic heterocycles. The maximum atomic E-state index is 0. The summed E-state index contributed by atoms with van der Waals surface area (Å²) in [6, 6.07) is 0. The van der Waals surface area contributed by atoms with E-state index in [1.165, 1.54) is 0 Å². The van der Waals surface area contributed by atoms with Gasteiger partial charge in [-0.3, -0.25) is 0 Å². The Morgan fingerprint density at radius 1 is 0.400 bits per heavy atom. The Hall–Kier alpha value is 1.07. The molecule has 0 spiro atoms. The molecular formula is H8O4Tm. The van der Waals surface area contributed by atoms with E-state index in [4.69, 9.17) is 0 Å². The van der Waals surface area contributed by atoms with E-state index in [0.717, 1.165) is 0 Å². The zero-order chi connectivity index (χ0) is 0. The van der Waals surface area contributed by atoms with Crippen LogP contribution in [0.15, 0.2) is 0 Å². The van der Waals surface area contributed by atoms with Crippen LogP contribution >= 0.6 is 0 Å². The van der Waals surface area contributed by atoms with Gasteiger partial charge in [0.25, 0.3) is 0 Å². The van der Waals surface area contributed by atoms with Crippen LogP contribution in [-0.4, -0.2) is 21.9 Å². The fraction of sp³-hybridized carbons (Fsp3) is 0. The predicted octanol–water partition coefficient (Wildman–Crippen LogP) is -3.30. The van der Waals surface area contributed by atoms with Gasteiger partial charge in [0.1, 0.15) is 0 Å². The van der Waals surface area contributed by atoms with Crippen LogP contribution in [0.3, 0.4) is 0 Å². The van der Waals surface area contributed by atoms with Crippen LogP contribution in [0.2, 0.25) is 0 Å². The van der Waals surface area contributed by atoms with Crippen LogP contribution < -0.4 is 0 Å². The van der Waals surface area contributed by atoms with E-state index in [0.29, 0.717) is 0 Å². The van der Waals surface area contributed by atoms with Gasteiger partial charge in [-0.2, -0.15) is 0 Å². The van der Waals surface area contributed by atoms with Gasteiger partial charge >= 0.3 is 0 Å². The number of hydrogen-bond donors (Lipinski definition) is 0. The Bertz CT molecular complexity index is 3.61. The van der Waals surface area contributed by atoms with Crippen molar-refractivity contribution in [1.29, 1.82) is 0 Å². The van der Waals surface area contributed by atoms with Crippen molar-refractivity contribution in [2.24, 2.45) is 0 Å². The molecule has 0 aliphatic carbocycles. The van der Waals surface area contributed by atoms with Crippen molar-refractivity contribution < 1.29 is 58.8 Å². The first-order valence-electron chi connectivity index (χ1n) is 0. The summed E-state index contributed by atoms with van der Waals surface area (Å²) in [5, 5.41) is 0. The SMILES string of the molecule is O.O.O.O.[Tm]. The second-order valence-corrected chi connectivity index (χ2v) is 0. The molecule has 0 rings (SSSR count). The van der Waals surface area contributed by atoms with Crippen molar-refractivity contribution in [2.45, 2.75) is 0 Å². The molecule has 0 atom stereocenters. The van der Waals surface area contributed by atoms with Gasteiger partial charge < -0.3 is 21.9 Å². The van der Waals surface area contributed by atoms with Crippen molar-refractivity contribution in [1.82, 2.24) is 0 Å². The van der Waals surface area contributed by atoms with E-state index in [2.05, 4.69) is 0 Å². The van der Waals surface area contributed by atoms with Gasteiger partial charge in [0.15, 0.2) is 0 Å². The first-order chi connectivity index (χ1) is 0. The van der Waals surface area contributed by atoms with E-state index in [9.17, 15) is 0 Å². The quantitative estimate of drug-likeness (QED) is 0.421. The summed E-state index contributed by atoms with van der Waals surface area (Å²) in [4.78, 5) is 0. The topological polar surface area (TPSA) is 126 Å². The maximum absolute atomic E-state index is 0. The van der Waals surface area contributed by atoms with Gasteiger partial charge in [0, 0.05) is 36.9 Å². The van der Waals surface area contributed by atoms with Crippen LogP contribution in [0, 0.1) is 36.9 Å². The molecular weight excluding hydrogens is 233 g/mol. The Labute approximate surface area is 58.6 Å². The molecule has 0 unspecified atom stereocenters. The van der Waals surface area contributed by atoms with Crippen molar-refractivity contribution in [2.75, 3.05) is 0 Å². The number of hydrogen-bond acceptors (Lipinski definition) is 0. The molecule has 0 saturated heterocycles. The van der Waals surface area contributed by atoms with Gasteiger partial charge in [-0.15, -0.1) is 0 Å². The zero-order valence-corrected chi connectivity index (χ0v) is 4.06. The van der Waals surface area contributed by atoms with Crippen LogP contribution in [0.25, 0.3) is 0 Å². The van der Waals surface area contributed by atoms with E-state index in [1.807, 2.05) is 0 Å². The van der Waals surface area contributed by atoms with Gasteiger partial charge in [-0.05, 0) is 0 Å². The van der Waals surface area contributed by atoms with E-state index in [1.54, 1.807) is 0 Å². The minimum atomic E-state index is 0. The summed E-state index contributed by atoms with van der Waals surface area (Å²) in [7, 11) is 0. The summed E-state index contributed by atoms with van der Waals surface area (Å²) in [6.45, 7) is 0. The molecule has 0 bridgehead atoms. The first kappa shape index (κ1) is 136. The summed E-state index contributed by atoms with van der Waals surface area (Å²) in [5.41, 5.74) is 0. The first-order valence-corrected chi connectivity index (χ1v) is 0. The molecule has 5 heavy (non-hydrogen) atoms. The van der Waals surface area contributed by atoms with Gasteiger partial charge in [-0.1, -0.05) is 0 Å². The maximum Gasteiger partial charge on any atom is 0 e. The van der Waals surface area contributed by atoms with Crippen LogP contribution in [0.1, 0.15) is 0 Å². The van der Waals surface area contributed by atoms with Crippen molar-refractivity contribution in [3.8, 4) is 0 Å². The number of rotatable bonds is 0. The van der Waals surface area contributed by atoms with Gasteiger partial charge in [-0.25, -0.2) is 0 Å². The Kier molecular flexibility index (Phi) is 1980. The molecule has 0 saturated carbocycles. The molecule has 8 N–H and O–H groups in total. The minimum Gasteiger partial charge on any atom is -0.412 e. The molecule has 0 amide bonds. The van der Waals surface area contributed by atoms with Crippen molar-refractivity contribution in [3.05, 3.63) is 0 Å². The third-order valence-electron chi connectivity index (χ3n) is 0. The summed E-state index contributed by atoms with van der Waals surface area (Å²) in [5.74, 6) is 0. The molecule has 45 valence electrons. The Balaban J connectivity index is 0.